The zero-order valence-electron chi connectivity index (χ0n) is 13.0. The summed E-state index contributed by atoms with van der Waals surface area (Å²) in [5.74, 6) is -0.728. The Morgan fingerprint density at radius 3 is 2.33 bits per heavy atom. The van der Waals surface area contributed by atoms with Crippen LogP contribution < -0.4 is 0 Å². The SMILES string of the molecule is COC(=O)c1c(Br)c2ccccc2n1S(=O)(=O)c1ccc(C)cc1. The Labute approximate surface area is 148 Å². The van der Waals surface area contributed by atoms with Crippen molar-refractivity contribution in [1.29, 1.82) is 0 Å². The molecular formula is C17H14BrNO4S. The lowest BCUT2D eigenvalue weighted by Crippen LogP contribution is -2.19. The van der Waals surface area contributed by atoms with Crippen LogP contribution in [0.2, 0.25) is 0 Å². The van der Waals surface area contributed by atoms with E-state index in [0.29, 0.717) is 15.4 Å². The number of hydrogen-bond acceptors (Lipinski definition) is 4. The average molecular weight is 408 g/mol. The molecule has 0 atom stereocenters. The highest BCUT2D eigenvalue weighted by molar-refractivity contribution is 9.10. The number of benzene rings is 2. The van der Waals surface area contributed by atoms with Gasteiger partial charge in [-0.15, -0.1) is 0 Å². The quantitative estimate of drug-likeness (QED) is 0.620. The lowest BCUT2D eigenvalue weighted by atomic mass is 10.2. The van der Waals surface area contributed by atoms with Crippen molar-refractivity contribution in [3.63, 3.8) is 0 Å². The van der Waals surface area contributed by atoms with E-state index in [1.54, 1.807) is 36.4 Å². The van der Waals surface area contributed by atoms with Gasteiger partial charge in [0.1, 0.15) is 0 Å². The molecule has 3 aromatic rings. The molecule has 1 heterocycles. The second kappa shape index (κ2) is 6.07. The molecule has 0 radical (unpaired) electrons. The molecule has 0 spiro atoms. The molecule has 124 valence electrons. The summed E-state index contributed by atoms with van der Waals surface area (Å²) in [6, 6.07) is 13.4. The number of carbonyl (C=O) groups excluding carboxylic acids is 1. The van der Waals surface area contributed by atoms with Gasteiger partial charge in [0, 0.05) is 5.39 Å². The van der Waals surface area contributed by atoms with Gasteiger partial charge in [0.05, 0.1) is 22.0 Å². The van der Waals surface area contributed by atoms with E-state index in [1.807, 2.05) is 6.92 Å². The average Bonchev–Trinajstić information content (AvgIpc) is 2.88. The molecule has 0 amide bonds. The van der Waals surface area contributed by atoms with Crippen LogP contribution in [0.5, 0.6) is 0 Å². The van der Waals surface area contributed by atoms with Gasteiger partial charge in [0.25, 0.3) is 10.0 Å². The Balaban J connectivity index is 2.40. The predicted octanol–water partition coefficient (Wildman–Crippen LogP) is 3.74. The number of halogens is 1. The number of carbonyl (C=O) groups is 1. The fourth-order valence-corrected chi connectivity index (χ4v) is 4.82. The van der Waals surface area contributed by atoms with Crippen LogP contribution in [-0.2, 0) is 14.8 Å². The predicted molar refractivity (Wildman–Crippen MR) is 94.7 cm³/mol. The molecule has 3 rings (SSSR count). The number of rotatable bonds is 3. The normalized spacial score (nSPS) is 11.6. The van der Waals surface area contributed by atoms with Gasteiger partial charge >= 0.3 is 5.97 Å². The minimum absolute atomic E-state index is 0.0562. The molecule has 24 heavy (non-hydrogen) atoms. The van der Waals surface area contributed by atoms with Gasteiger partial charge in [0.2, 0.25) is 0 Å². The van der Waals surface area contributed by atoms with Crippen LogP contribution in [0.4, 0.5) is 0 Å². The Bertz CT molecular complexity index is 1040. The third kappa shape index (κ3) is 2.53. The molecule has 0 bridgehead atoms. The fourth-order valence-electron chi connectivity index (χ4n) is 2.51. The minimum atomic E-state index is -3.96. The molecule has 0 unspecified atom stereocenters. The molecule has 0 saturated carbocycles. The highest BCUT2D eigenvalue weighted by Crippen LogP contribution is 2.34. The Kier molecular flexibility index (Phi) is 4.23. The van der Waals surface area contributed by atoms with Gasteiger partial charge in [-0.05, 0) is 41.1 Å². The van der Waals surface area contributed by atoms with Crippen LogP contribution in [0.3, 0.4) is 0 Å². The summed E-state index contributed by atoms with van der Waals surface area (Å²) in [6.45, 7) is 1.87. The summed E-state index contributed by atoms with van der Waals surface area (Å²) in [7, 11) is -2.74. The summed E-state index contributed by atoms with van der Waals surface area (Å²) in [5, 5.41) is 0.619. The molecular weight excluding hydrogens is 394 g/mol. The first-order valence-electron chi connectivity index (χ1n) is 7.07. The van der Waals surface area contributed by atoms with Crippen LogP contribution >= 0.6 is 15.9 Å². The molecule has 0 aliphatic carbocycles. The van der Waals surface area contributed by atoms with Crippen LogP contribution in [0, 0.1) is 6.92 Å². The van der Waals surface area contributed by atoms with Crippen LogP contribution in [-0.4, -0.2) is 25.5 Å². The third-order valence-electron chi connectivity index (χ3n) is 3.71. The van der Waals surface area contributed by atoms with Gasteiger partial charge in [-0.3, -0.25) is 0 Å². The van der Waals surface area contributed by atoms with Crippen molar-refractivity contribution in [2.24, 2.45) is 0 Å². The van der Waals surface area contributed by atoms with Gasteiger partial charge in [0.15, 0.2) is 5.69 Å². The van der Waals surface area contributed by atoms with Crippen molar-refractivity contribution in [3.05, 3.63) is 64.3 Å². The van der Waals surface area contributed by atoms with Crippen molar-refractivity contribution < 1.29 is 17.9 Å². The monoisotopic (exact) mass is 407 g/mol. The number of nitrogens with zero attached hydrogens (tertiary/aromatic N) is 1. The first kappa shape index (κ1) is 16.7. The molecule has 1 aromatic heterocycles. The van der Waals surface area contributed by atoms with E-state index in [2.05, 4.69) is 15.9 Å². The second-order valence-electron chi connectivity index (χ2n) is 5.25. The topological polar surface area (TPSA) is 65.4 Å². The Morgan fingerprint density at radius 1 is 1.08 bits per heavy atom. The standard InChI is InChI=1S/C17H14BrNO4S/c1-11-7-9-12(10-8-11)24(21,22)19-14-6-4-3-5-13(14)15(18)16(19)17(20)23-2/h3-10H,1-2H3. The second-order valence-corrected chi connectivity index (χ2v) is 7.83. The maximum atomic E-state index is 13.1. The Morgan fingerprint density at radius 2 is 1.71 bits per heavy atom. The number of methoxy groups -OCH3 is 1. The van der Waals surface area contributed by atoms with E-state index in [9.17, 15) is 13.2 Å². The first-order valence-corrected chi connectivity index (χ1v) is 9.30. The summed E-state index contributed by atoms with van der Waals surface area (Å²) in [6.07, 6.45) is 0. The number of aryl methyl sites for hydroxylation is 1. The lowest BCUT2D eigenvalue weighted by Gasteiger charge is -2.11. The van der Waals surface area contributed by atoms with Crippen molar-refractivity contribution in [2.45, 2.75) is 11.8 Å². The fraction of sp³-hybridized carbons (Fsp3) is 0.118. The number of aromatic nitrogens is 1. The molecule has 0 N–H and O–H groups in total. The molecule has 0 saturated heterocycles. The van der Waals surface area contributed by atoms with Gasteiger partial charge in [-0.25, -0.2) is 17.2 Å². The van der Waals surface area contributed by atoms with E-state index in [4.69, 9.17) is 4.74 Å². The smallest absolute Gasteiger partial charge is 0.356 e. The van der Waals surface area contributed by atoms with Crippen LogP contribution in [0.25, 0.3) is 10.9 Å². The summed E-state index contributed by atoms with van der Waals surface area (Å²) >= 11 is 3.33. The molecule has 7 heteroatoms. The van der Waals surface area contributed by atoms with Gasteiger partial charge < -0.3 is 4.74 Å². The minimum Gasteiger partial charge on any atom is -0.464 e. The third-order valence-corrected chi connectivity index (χ3v) is 6.24. The number of para-hydroxylation sites is 1. The zero-order chi connectivity index (χ0) is 17.5. The van der Waals surface area contributed by atoms with Gasteiger partial charge in [-0.1, -0.05) is 35.9 Å². The number of fused-ring (bicyclic) bond motifs is 1. The highest BCUT2D eigenvalue weighted by atomic mass is 79.9. The van der Waals surface area contributed by atoms with E-state index < -0.39 is 16.0 Å². The summed E-state index contributed by atoms with van der Waals surface area (Å²) in [4.78, 5) is 12.3. The maximum Gasteiger partial charge on any atom is 0.356 e. The Hall–Kier alpha value is -2.12. The van der Waals surface area contributed by atoms with E-state index in [1.165, 1.54) is 19.2 Å². The van der Waals surface area contributed by atoms with E-state index in [0.717, 1.165) is 9.54 Å². The molecule has 0 aliphatic heterocycles. The summed E-state index contributed by atoms with van der Waals surface area (Å²) in [5.41, 5.74) is 1.30. The number of ether oxygens (including phenoxy) is 1. The molecule has 0 fully saturated rings. The molecule has 2 aromatic carbocycles. The van der Waals surface area contributed by atoms with E-state index in [-0.39, 0.29) is 10.6 Å². The number of esters is 1. The summed E-state index contributed by atoms with van der Waals surface area (Å²) < 4.78 is 32.5. The number of hydrogen-bond donors (Lipinski definition) is 0. The van der Waals surface area contributed by atoms with E-state index >= 15 is 0 Å². The largest absolute Gasteiger partial charge is 0.464 e. The van der Waals surface area contributed by atoms with Crippen molar-refractivity contribution in [2.75, 3.05) is 7.11 Å². The van der Waals surface area contributed by atoms with Crippen molar-refractivity contribution in [3.8, 4) is 0 Å². The van der Waals surface area contributed by atoms with Crippen molar-refractivity contribution >= 4 is 42.8 Å². The zero-order valence-corrected chi connectivity index (χ0v) is 15.4. The van der Waals surface area contributed by atoms with Crippen LogP contribution in [0.15, 0.2) is 57.9 Å². The molecule has 0 aliphatic rings. The van der Waals surface area contributed by atoms with Crippen molar-refractivity contribution in [1.82, 2.24) is 3.97 Å². The first-order chi connectivity index (χ1) is 11.4. The highest BCUT2D eigenvalue weighted by Gasteiger charge is 2.30. The lowest BCUT2D eigenvalue weighted by molar-refractivity contribution is 0.0592. The maximum absolute atomic E-state index is 13.1. The van der Waals surface area contributed by atoms with Crippen LogP contribution in [0.1, 0.15) is 16.1 Å². The molecule has 5 nitrogen and oxygen atoms in total. The van der Waals surface area contributed by atoms with Gasteiger partial charge in [-0.2, -0.15) is 0 Å².